The van der Waals surface area contributed by atoms with Gasteiger partial charge in [-0.3, -0.25) is 4.79 Å². The topological polar surface area (TPSA) is 37.3 Å². The van der Waals surface area contributed by atoms with E-state index < -0.39 is 5.60 Å². The van der Waals surface area contributed by atoms with Crippen LogP contribution >= 0.6 is 0 Å². The van der Waals surface area contributed by atoms with Crippen molar-refractivity contribution in [3.05, 3.63) is 0 Å². The summed E-state index contributed by atoms with van der Waals surface area (Å²) in [5.74, 6) is 2.81. The van der Waals surface area contributed by atoms with Gasteiger partial charge in [-0.2, -0.15) is 0 Å². The lowest BCUT2D eigenvalue weighted by Crippen LogP contribution is -2.40. The number of Topliss-reactive ketones (excluding diaryl/α,β-unsaturated/α-hetero) is 1. The molecule has 0 saturated heterocycles. The van der Waals surface area contributed by atoms with Crippen LogP contribution in [0.5, 0.6) is 0 Å². The predicted octanol–water partition coefficient (Wildman–Crippen LogP) is 4.60. The summed E-state index contributed by atoms with van der Waals surface area (Å²) in [6.07, 6.45) is 7.42. The molecule has 2 fully saturated rings. The van der Waals surface area contributed by atoms with Gasteiger partial charge in [0.2, 0.25) is 0 Å². The number of ketones is 1. The van der Waals surface area contributed by atoms with E-state index in [0.717, 1.165) is 32.1 Å². The Labute approximate surface area is 130 Å². The summed E-state index contributed by atoms with van der Waals surface area (Å²) in [7, 11) is 0. The molecule has 0 radical (unpaired) electrons. The summed E-state index contributed by atoms with van der Waals surface area (Å²) in [4.78, 5) is 12.2. The summed E-state index contributed by atoms with van der Waals surface area (Å²) >= 11 is 0. The maximum Gasteiger partial charge on any atom is 0.136 e. The Hall–Kier alpha value is -0.370. The predicted molar refractivity (Wildman–Crippen MR) is 87.0 cm³/mol. The van der Waals surface area contributed by atoms with Gasteiger partial charge in [-0.15, -0.1) is 0 Å². The largest absolute Gasteiger partial charge is 0.390 e. The first-order valence-electron chi connectivity index (χ1n) is 8.90. The molecule has 2 aliphatic carbocycles. The van der Waals surface area contributed by atoms with E-state index in [9.17, 15) is 9.90 Å². The SMILES string of the molecule is C[C@H](C1CCC2C(=O)CCC[C@@]21C)[C@@H](C)CCC(C)(C)O. The van der Waals surface area contributed by atoms with Gasteiger partial charge in [0.25, 0.3) is 0 Å². The molecule has 2 rings (SSSR count). The van der Waals surface area contributed by atoms with Crippen molar-refractivity contribution < 1.29 is 9.90 Å². The molecule has 0 spiro atoms. The first kappa shape index (κ1) is 17.0. The zero-order valence-corrected chi connectivity index (χ0v) is 14.6. The zero-order chi connectivity index (χ0) is 15.8. The van der Waals surface area contributed by atoms with E-state index in [1.165, 1.54) is 12.8 Å². The number of hydrogen-bond donors (Lipinski definition) is 1. The van der Waals surface area contributed by atoms with E-state index in [0.29, 0.717) is 29.5 Å². The fourth-order valence-corrected chi connectivity index (χ4v) is 5.07. The van der Waals surface area contributed by atoms with Gasteiger partial charge in [-0.25, -0.2) is 0 Å². The van der Waals surface area contributed by atoms with E-state index in [2.05, 4.69) is 20.8 Å². The molecule has 0 aromatic carbocycles. The summed E-state index contributed by atoms with van der Waals surface area (Å²) in [6, 6.07) is 0. The van der Waals surface area contributed by atoms with Gasteiger partial charge in [0.1, 0.15) is 5.78 Å². The first-order chi connectivity index (χ1) is 9.65. The van der Waals surface area contributed by atoms with Crippen LogP contribution in [-0.2, 0) is 4.79 Å². The Bertz CT molecular complexity index is 382. The molecule has 1 N–H and O–H groups in total. The van der Waals surface area contributed by atoms with Crippen LogP contribution in [0, 0.1) is 29.1 Å². The summed E-state index contributed by atoms with van der Waals surface area (Å²) in [6.45, 7) is 10.9. The van der Waals surface area contributed by atoms with Crippen LogP contribution < -0.4 is 0 Å². The van der Waals surface area contributed by atoms with Crippen molar-refractivity contribution in [3.63, 3.8) is 0 Å². The van der Waals surface area contributed by atoms with Crippen molar-refractivity contribution in [3.8, 4) is 0 Å². The van der Waals surface area contributed by atoms with E-state index in [-0.39, 0.29) is 5.41 Å². The number of rotatable bonds is 5. The highest BCUT2D eigenvalue weighted by Crippen LogP contribution is 2.57. The molecular weight excluding hydrogens is 260 g/mol. The summed E-state index contributed by atoms with van der Waals surface area (Å²) < 4.78 is 0. The minimum Gasteiger partial charge on any atom is -0.390 e. The Morgan fingerprint density at radius 3 is 2.62 bits per heavy atom. The highest BCUT2D eigenvalue weighted by atomic mass is 16.3. The van der Waals surface area contributed by atoms with Crippen molar-refractivity contribution in [2.75, 3.05) is 0 Å². The highest BCUT2D eigenvalue weighted by Gasteiger charge is 2.52. The molecule has 122 valence electrons. The first-order valence-corrected chi connectivity index (χ1v) is 8.90. The standard InChI is InChI=1S/C19H34O2/c1-13(10-12-18(3,4)21)14(2)15-8-9-16-17(20)7-6-11-19(15,16)5/h13-16,21H,6-12H2,1-5H3/t13-,14-,15?,16?,19+/m0/s1. The normalized spacial score (nSPS) is 36.4. The molecule has 2 aliphatic rings. The second-order valence-electron chi connectivity index (χ2n) is 8.75. The van der Waals surface area contributed by atoms with Gasteiger partial charge in [-0.05, 0) is 75.5 Å². The highest BCUT2D eigenvalue weighted by molar-refractivity contribution is 5.83. The zero-order valence-electron chi connectivity index (χ0n) is 14.6. The molecule has 0 bridgehead atoms. The molecule has 2 heteroatoms. The monoisotopic (exact) mass is 294 g/mol. The average molecular weight is 294 g/mol. The maximum atomic E-state index is 12.2. The lowest BCUT2D eigenvalue weighted by molar-refractivity contribution is -0.130. The van der Waals surface area contributed by atoms with Crippen LogP contribution in [0.25, 0.3) is 0 Å². The Balaban J connectivity index is 2.02. The number of carbonyl (C=O) groups excluding carboxylic acids is 1. The second-order valence-corrected chi connectivity index (χ2v) is 8.75. The van der Waals surface area contributed by atoms with Gasteiger partial charge < -0.3 is 5.11 Å². The third-order valence-corrected chi connectivity index (χ3v) is 6.68. The summed E-state index contributed by atoms with van der Waals surface area (Å²) in [5, 5.41) is 9.94. The minimum absolute atomic E-state index is 0.248. The van der Waals surface area contributed by atoms with Crippen LogP contribution in [0.3, 0.4) is 0 Å². The van der Waals surface area contributed by atoms with Gasteiger partial charge in [0.05, 0.1) is 5.60 Å². The lowest BCUT2D eigenvalue weighted by Gasteiger charge is -2.43. The molecule has 2 saturated carbocycles. The van der Waals surface area contributed by atoms with Crippen molar-refractivity contribution >= 4 is 5.78 Å². The quantitative estimate of drug-likeness (QED) is 0.805. The number of aliphatic hydroxyl groups is 1. The third kappa shape index (κ3) is 3.52. The van der Waals surface area contributed by atoms with Gasteiger partial charge in [0.15, 0.2) is 0 Å². The van der Waals surface area contributed by atoms with Crippen molar-refractivity contribution in [1.82, 2.24) is 0 Å². The van der Waals surface area contributed by atoms with Crippen molar-refractivity contribution in [1.29, 1.82) is 0 Å². The minimum atomic E-state index is -0.559. The number of fused-ring (bicyclic) bond motifs is 1. The second kappa shape index (κ2) is 6.02. The molecule has 5 atom stereocenters. The van der Waals surface area contributed by atoms with Crippen molar-refractivity contribution in [2.45, 2.75) is 85.2 Å². The Morgan fingerprint density at radius 2 is 2.00 bits per heavy atom. The van der Waals surface area contributed by atoms with Crippen LogP contribution in [-0.4, -0.2) is 16.5 Å². The molecule has 0 aromatic heterocycles. The van der Waals surface area contributed by atoms with E-state index >= 15 is 0 Å². The van der Waals surface area contributed by atoms with Gasteiger partial charge in [-0.1, -0.05) is 20.8 Å². The van der Waals surface area contributed by atoms with E-state index in [1.807, 2.05) is 13.8 Å². The molecule has 2 unspecified atom stereocenters. The van der Waals surface area contributed by atoms with Crippen LogP contribution in [0.15, 0.2) is 0 Å². The molecule has 0 heterocycles. The van der Waals surface area contributed by atoms with E-state index in [1.54, 1.807) is 0 Å². The lowest BCUT2D eigenvalue weighted by atomic mass is 9.60. The van der Waals surface area contributed by atoms with Crippen LogP contribution in [0.1, 0.15) is 79.6 Å². The fourth-order valence-electron chi connectivity index (χ4n) is 5.07. The Kier molecular flexibility index (Phi) is 4.87. The smallest absolute Gasteiger partial charge is 0.136 e. The maximum absolute atomic E-state index is 12.2. The van der Waals surface area contributed by atoms with Gasteiger partial charge in [0, 0.05) is 12.3 Å². The molecular formula is C19H34O2. The summed E-state index contributed by atoms with van der Waals surface area (Å²) in [5.41, 5.74) is -0.311. The fraction of sp³-hybridized carbons (Fsp3) is 0.947. The third-order valence-electron chi connectivity index (χ3n) is 6.68. The molecule has 2 nitrogen and oxygen atoms in total. The Morgan fingerprint density at radius 1 is 1.33 bits per heavy atom. The number of hydrogen-bond acceptors (Lipinski definition) is 2. The van der Waals surface area contributed by atoms with Crippen LogP contribution in [0.4, 0.5) is 0 Å². The van der Waals surface area contributed by atoms with Crippen molar-refractivity contribution in [2.24, 2.45) is 29.1 Å². The van der Waals surface area contributed by atoms with E-state index in [4.69, 9.17) is 0 Å². The van der Waals surface area contributed by atoms with Crippen LogP contribution in [0.2, 0.25) is 0 Å². The molecule has 0 aromatic rings. The number of carbonyl (C=O) groups is 1. The molecule has 0 amide bonds. The molecule has 21 heavy (non-hydrogen) atoms. The van der Waals surface area contributed by atoms with Gasteiger partial charge >= 0.3 is 0 Å². The molecule has 0 aliphatic heterocycles. The average Bonchev–Trinajstić information content (AvgIpc) is 2.73.